The Kier molecular flexibility index (Phi) is 7.66. The van der Waals surface area contributed by atoms with Crippen LogP contribution in [0.4, 0.5) is 0 Å². The largest absolute Gasteiger partial charge is 0.396 e. The molecule has 1 N–H and O–H groups in total. The molecule has 0 aliphatic heterocycles. The van der Waals surface area contributed by atoms with E-state index in [0.717, 1.165) is 38.5 Å². The van der Waals surface area contributed by atoms with Gasteiger partial charge >= 0.3 is 0 Å². The van der Waals surface area contributed by atoms with E-state index in [2.05, 4.69) is 81.4 Å². The lowest BCUT2D eigenvalue weighted by molar-refractivity contribution is 0.288. The molecule has 0 saturated carbocycles. The molecule has 0 heterocycles. The molecule has 3 aromatic rings. The fourth-order valence-electron chi connectivity index (χ4n) is 4.04. The molecule has 0 saturated heterocycles. The van der Waals surface area contributed by atoms with E-state index >= 15 is 0 Å². The van der Waals surface area contributed by atoms with Gasteiger partial charge in [-0.2, -0.15) is 0 Å². The predicted molar refractivity (Wildman–Crippen MR) is 125 cm³/mol. The highest BCUT2D eigenvalue weighted by Gasteiger charge is 2.10. The SMILES string of the molecule is CCc1cc(CCCO)ccc1-c1ccc(CCc2ccc(C)cc2)cc1CC. The first-order valence-corrected chi connectivity index (χ1v) is 11.0. The molecule has 0 aromatic heterocycles. The zero-order valence-corrected chi connectivity index (χ0v) is 18.2. The van der Waals surface area contributed by atoms with Gasteiger partial charge in [-0.05, 0) is 84.4 Å². The van der Waals surface area contributed by atoms with Crippen molar-refractivity contribution in [2.75, 3.05) is 6.61 Å². The van der Waals surface area contributed by atoms with Crippen molar-refractivity contribution in [3.63, 3.8) is 0 Å². The molecule has 0 fully saturated rings. The van der Waals surface area contributed by atoms with Crippen molar-refractivity contribution in [1.29, 1.82) is 0 Å². The molecule has 0 aliphatic carbocycles. The van der Waals surface area contributed by atoms with Gasteiger partial charge in [0.1, 0.15) is 0 Å². The maximum Gasteiger partial charge on any atom is 0.0434 e. The highest BCUT2D eigenvalue weighted by Crippen LogP contribution is 2.30. The summed E-state index contributed by atoms with van der Waals surface area (Å²) in [6.07, 6.45) is 6.02. The van der Waals surface area contributed by atoms with Crippen molar-refractivity contribution in [3.8, 4) is 11.1 Å². The third-order valence-corrected chi connectivity index (χ3v) is 5.84. The van der Waals surface area contributed by atoms with Crippen LogP contribution in [-0.4, -0.2) is 11.7 Å². The lowest BCUT2D eigenvalue weighted by Crippen LogP contribution is -1.98. The fourth-order valence-corrected chi connectivity index (χ4v) is 4.04. The Hall–Kier alpha value is -2.38. The molecule has 0 atom stereocenters. The van der Waals surface area contributed by atoms with Crippen LogP contribution < -0.4 is 0 Å². The van der Waals surface area contributed by atoms with Crippen LogP contribution >= 0.6 is 0 Å². The number of aliphatic hydroxyl groups excluding tert-OH is 1. The standard InChI is InChI=1S/C28H34O/c1-4-25-19-23(7-6-18-29)14-16-27(25)28-17-15-24(20-26(28)5-2)13-12-22-10-8-21(3)9-11-22/h8-11,14-17,19-20,29H,4-7,12-13,18H2,1-3H3. The number of rotatable bonds is 9. The minimum atomic E-state index is 0.257. The topological polar surface area (TPSA) is 20.2 Å². The van der Waals surface area contributed by atoms with E-state index in [-0.39, 0.29) is 6.61 Å². The first kappa shape index (κ1) is 21.3. The van der Waals surface area contributed by atoms with Gasteiger partial charge in [0.15, 0.2) is 0 Å². The van der Waals surface area contributed by atoms with Crippen molar-refractivity contribution in [3.05, 3.63) is 94.0 Å². The lowest BCUT2D eigenvalue weighted by atomic mass is 9.89. The van der Waals surface area contributed by atoms with Crippen molar-refractivity contribution in [1.82, 2.24) is 0 Å². The van der Waals surface area contributed by atoms with Gasteiger partial charge in [0, 0.05) is 6.61 Å². The van der Waals surface area contributed by atoms with Crippen LogP contribution in [0.5, 0.6) is 0 Å². The van der Waals surface area contributed by atoms with Gasteiger partial charge in [-0.3, -0.25) is 0 Å². The normalized spacial score (nSPS) is 11.0. The molecule has 0 amide bonds. The lowest BCUT2D eigenvalue weighted by Gasteiger charge is -2.15. The first-order chi connectivity index (χ1) is 14.1. The van der Waals surface area contributed by atoms with E-state index in [1.54, 1.807) is 0 Å². The molecule has 0 aliphatic rings. The van der Waals surface area contributed by atoms with E-state index in [9.17, 15) is 0 Å². The van der Waals surface area contributed by atoms with E-state index < -0.39 is 0 Å². The minimum Gasteiger partial charge on any atom is -0.396 e. The second kappa shape index (κ2) is 10.4. The zero-order chi connectivity index (χ0) is 20.6. The first-order valence-electron chi connectivity index (χ1n) is 11.0. The highest BCUT2D eigenvalue weighted by molar-refractivity contribution is 5.71. The monoisotopic (exact) mass is 386 g/mol. The quantitative estimate of drug-likeness (QED) is 0.445. The number of hydrogen-bond donors (Lipinski definition) is 1. The van der Waals surface area contributed by atoms with Gasteiger partial charge in [0.05, 0.1) is 0 Å². The summed E-state index contributed by atoms with van der Waals surface area (Å²) < 4.78 is 0. The predicted octanol–water partition coefficient (Wildman–Crippen LogP) is 6.50. The van der Waals surface area contributed by atoms with Crippen molar-refractivity contribution >= 4 is 0 Å². The minimum absolute atomic E-state index is 0.257. The summed E-state index contributed by atoms with van der Waals surface area (Å²) in [6.45, 7) is 6.88. The summed E-state index contributed by atoms with van der Waals surface area (Å²) in [5, 5.41) is 9.11. The van der Waals surface area contributed by atoms with Gasteiger partial charge in [-0.15, -0.1) is 0 Å². The van der Waals surface area contributed by atoms with Crippen LogP contribution in [-0.2, 0) is 32.1 Å². The third-order valence-electron chi connectivity index (χ3n) is 5.84. The number of hydrogen-bond acceptors (Lipinski definition) is 1. The van der Waals surface area contributed by atoms with Gasteiger partial charge in [-0.1, -0.05) is 80.1 Å². The molecule has 29 heavy (non-hydrogen) atoms. The molecule has 152 valence electrons. The molecule has 3 aromatic carbocycles. The number of aliphatic hydroxyl groups is 1. The number of aryl methyl sites for hydroxylation is 6. The molecule has 0 spiro atoms. The molecule has 3 rings (SSSR count). The molecule has 0 radical (unpaired) electrons. The Balaban J connectivity index is 1.82. The van der Waals surface area contributed by atoms with Gasteiger partial charge in [-0.25, -0.2) is 0 Å². The summed E-state index contributed by atoms with van der Waals surface area (Å²) >= 11 is 0. The van der Waals surface area contributed by atoms with E-state index in [0.29, 0.717) is 0 Å². The van der Waals surface area contributed by atoms with E-state index in [4.69, 9.17) is 5.11 Å². The average Bonchev–Trinajstić information content (AvgIpc) is 2.77. The van der Waals surface area contributed by atoms with Gasteiger partial charge in [0.25, 0.3) is 0 Å². The molecular weight excluding hydrogens is 352 g/mol. The van der Waals surface area contributed by atoms with E-state index in [1.807, 2.05) is 0 Å². The number of benzene rings is 3. The molecule has 1 nitrogen and oxygen atoms in total. The summed E-state index contributed by atoms with van der Waals surface area (Å²) in [4.78, 5) is 0. The second-order valence-electron chi connectivity index (χ2n) is 8.00. The Morgan fingerprint density at radius 2 is 1.10 bits per heavy atom. The maximum absolute atomic E-state index is 9.11. The Labute approximate surface area is 176 Å². The fraction of sp³-hybridized carbons (Fsp3) is 0.357. The Bertz CT molecular complexity index is 922. The maximum atomic E-state index is 9.11. The molecule has 0 bridgehead atoms. The summed E-state index contributed by atoms with van der Waals surface area (Å²) in [5.41, 5.74) is 11.0. The van der Waals surface area contributed by atoms with Crippen LogP contribution in [0.2, 0.25) is 0 Å². The Morgan fingerprint density at radius 3 is 1.62 bits per heavy atom. The van der Waals surface area contributed by atoms with Crippen molar-refractivity contribution in [2.24, 2.45) is 0 Å². The van der Waals surface area contributed by atoms with Crippen LogP contribution in [0, 0.1) is 6.92 Å². The molecule has 1 heteroatoms. The Morgan fingerprint density at radius 1 is 0.621 bits per heavy atom. The molecular formula is C28H34O. The highest BCUT2D eigenvalue weighted by atomic mass is 16.2. The van der Waals surface area contributed by atoms with E-state index in [1.165, 1.54) is 44.5 Å². The molecule has 0 unspecified atom stereocenters. The third kappa shape index (κ3) is 5.58. The van der Waals surface area contributed by atoms with Crippen molar-refractivity contribution < 1.29 is 5.11 Å². The summed E-state index contributed by atoms with van der Waals surface area (Å²) in [6, 6.07) is 22.8. The van der Waals surface area contributed by atoms with Crippen LogP contribution in [0.3, 0.4) is 0 Å². The zero-order valence-electron chi connectivity index (χ0n) is 18.2. The smallest absolute Gasteiger partial charge is 0.0434 e. The van der Waals surface area contributed by atoms with Gasteiger partial charge < -0.3 is 5.11 Å². The average molecular weight is 387 g/mol. The second-order valence-corrected chi connectivity index (χ2v) is 8.00. The van der Waals surface area contributed by atoms with Crippen molar-refractivity contribution in [2.45, 2.75) is 59.3 Å². The summed E-state index contributed by atoms with van der Waals surface area (Å²) in [5.74, 6) is 0. The van der Waals surface area contributed by atoms with Crippen LogP contribution in [0.15, 0.2) is 60.7 Å². The van der Waals surface area contributed by atoms with Crippen LogP contribution in [0.1, 0.15) is 53.6 Å². The van der Waals surface area contributed by atoms with Crippen LogP contribution in [0.25, 0.3) is 11.1 Å². The van der Waals surface area contributed by atoms with Gasteiger partial charge in [0.2, 0.25) is 0 Å². The summed E-state index contributed by atoms with van der Waals surface area (Å²) in [7, 11) is 0.